The average Bonchev–Trinajstić information content (AvgIpc) is 3.62. The van der Waals surface area contributed by atoms with Crippen LogP contribution >= 0.6 is 0 Å². The highest BCUT2D eigenvalue weighted by Crippen LogP contribution is 2.33. The Labute approximate surface area is 275 Å². The van der Waals surface area contributed by atoms with Gasteiger partial charge in [-0.25, -0.2) is 0 Å². The number of aromatic nitrogens is 2. The van der Waals surface area contributed by atoms with E-state index >= 15 is 0 Å². The van der Waals surface area contributed by atoms with Gasteiger partial charge in [-0.2, -0.15) is 5.10 Å². The predicted molar refractivity (Wildman–Crippen MR) is 174 cm³/mol. The van der Waals surface area contributed by atoms with Crippen LogP contribution in [0.5, 0.6) is 17.2 Å². The molecule has 0 spiro atoms. The molecule has 47 heavy (non-hydrogen) atoms. The van der Waals surface area contributed by atoms with Gasteiger partial charge in [0.25, 0.3) is 5.91 Å². The Bertz CT molecular complexity index is 1570. The summed E-state index contributed by atoms with van der Waals surface area (Å²) in [5, 5.41) is 7.61. The number of nitrogens with zero attached hydrogens (tertiary/aromatic N) is 4. The molecular formula is C35H45N5O7. The fraction of sp³-hybridized carbons (Fsp3) is 0.486. The molecule has 0 aliphatic carbocycles. The van der Waals surface area contributed by atoms with Gasteiger partial charge in [-0.05, 0) is 60.2 Å². The highest BCUT2D eigenvalue weighted by molar-refractivity contribution is 5.93. The zero-order valence-electron chi connectivity index (χ0n) is 27.9. The van der Waals surface area contributed by atoms with E-state index in [0.717, 1.165) is 23.2 Å². The van der Waals surface area contributed by atoms with Gasteiger partial charge < -0.3 is 34.1 Å². The van der Waals surface area contributed by atoms with Gasteiger partial charge in [-0.3, -0.25) is 19.1 Å². The molecule has 12 nitrogen and oxygen atoms in total. The van der Waals surface area contributed by atoms with Crippen LogP contribution in [0, 0.1) is 5.92 Å². The van der Waals surface area contributed by atoms with Gasteiger partial charge in [0.15, 0.2) is 11.5 Å². The molecule has 1 N–H and O–H groups in total. The van der Waals surface area contributed by atoms with E-state index in [1.54, 1.807) is 30.8 Å². The molecule has 252 valence electrons. The van der Waals surface area contributed by atoms with Gasteiger partial charge in [-0.15, -0.1) is 0 Å². The quantitative estimate of drug-likeness (QED) is 0.414. The molecule has 12 heteroatoms. The third-order valence-corrected chi connectivity index (χ3v) is 8.37. The van der Waals surface area contributed by atoms with E-state index in [9.17, 15) is 14.4 Å². The van der Waals surface area contributed by atoms with Crippen LogP contribution in [-0.2, 0) is 45.6 Å². The number of carbonyl (C=O) groups excluding carboxylic acids is 3. The number of benzene rings is 2. The SMILES string of the molecule is COCCN1CC(=O)N[C@H]2CN(C(=O)c3cc(CC(C)C)nn3C)C[C@@H]2OCc2cccc(c2)Oc2cc(ccc2OC)CCC1=O. The van der Waals surface area contributed by atoms with E-state index in [-0.39, 0.29) is 63.5 Å². The molecule has 4 bridgehead atoms. The summed E-state index contributed by atoms with van der Waals surface area (Å²) in [7, 11) is 4.91. The smallest absolute Gasteiger partial charge is 0.272 e. The van der Waals surface area contributed by atoms with Crippen LogP contribution in [0.3, 0.4) is 0 Å². The van der Waals surface area contributed by atoms with Gasteiger partial charge in [0, 0.05) is 40.2 Å². The minimum Gasteiger partial charge on any atom is -0.493 e. The second-order valence-corrected chi connectivity index (χ2v) is 12.5. The lowest BCUT2D eigenvalue weighted by Crippen LogP contribution is -2.49. The van der Waals surface area contributed by atoms with Crippen LogP contribution in [0.4, 0.5) is 0 Å². The number of amides is 3. The van der Waals surface area contributed by atoms with Crippen LogP contribution in [0.1, 0.15) is 47.6 Å². The molecule has 2 aromatic carbocycles. The first-order valence-corrected chi connectivity index (χ1v) is 16.1. The summed E-state index contributed by atoms with van der Waals surface area (Å²) in [6.45, 7) is 5.40. The van der Waals surface area contributed by atoms with Gasteiger partial charge in [-0.1, -0.05) is 32.0 Å². The van der Waals surface area contributed by atoms with Crippen molar-refractivity contribution >= 4 is 17.7 Å². The lowest BCUT2D eigenvalue weighted by atomic mass is 10.1. The van der Waals surface area contributed by atoms with Crippen LogP contribution in [0.2, 0.25) is 0 Å². The maximum atomic E-state index is 13.7. The number of aryl methyl sites for hydroxylation is 2. The summed E-state index contributed by atoms with van der Waals surface area (Å²) in [6.07, 6.45) is 0.922. The molecule has 2 atom stereocenters. The maximum Gasteiger partial charge on any atom is 0.272 e. The molecule has 0 radical (unpaired) electrons. The number of rotatable bonds is 7. The number of carbonyl (C=O) groups is 3. The van der Waals surface area contributed by atoms with Gasteiger partial charge in [0.1, 0.15) is 11.4 Å². The topological polar surface area (TPSA) is 124 Å². The predicted octanol–water partition coefficient (Wildman–Crippen LogP) is 3.37. The molecule has 2 aliphatic rings. The lowest BCUT2D eigenvalue weighted by molar-refractivity contribution is -0.137. The molecule has 1 saturated heterocycles. The molecule has 3 amide bonds. The van der Waals surface area contributed by atoms with Crippen molar-refractivity contribution in [3.05, 3.63) is 71.0 Å². The van der Waals surface area contributed by atoms with Gasteiger partial charge in [0.05, 0.1) is 44.7 Å². The maximum absolute atomic E-state index is 13.7. The third kappa shape index (κ3) is 8.69. The van der Waals surface area contributed by atoms with E-state index in [0.29, 0.717) is 35.3 Å². The number of hydrogen-bond donors (Lipinski definition) is 1. The summed E-state index contributed by atoms with van der Waals surface area (Å²) in [5.74, 6) is 1.43. The number of methoxy groups -OCH3 is 2. The van der Waals surface area contributed by atoms with E-state index in [1.807, 2.05) is 48.5 Å². The third-order valence-electron chi connectivity index (χ3n) is 8.37. The highest BCUT2D eigenvalue weighted by Gasteiger charge is 2.38. The summed E-state index contributed by atoms with van der Waals surface area (Å²) in [4.78, 5) is 43.8. The molecule has 0 unspecified atom stereocenters. The zero-order chi connectivity index (χ0) is 33.5. The Hall–Kier alpha value is -4.42. The van der Waals surface area contributed by atoms with Crippen molar-refractivity contribution in [2.75, 3.05) is 47.0 Å². The second-order valence-electron chi connectivity index (χ2n) is 12.5. The van der Waals surface area contributed by atoms with Crippen molar-refractivity contribution in [3.63, 3.8) is 0 Å². The molecule has 3 aromatic rings. The molecular weight excluding hydrogens is 602 g/mol. The van der Waals surface area contributed by atoms with Crippen molar-refractivity contribution in [3.8, 4) is 17.2 Å². The normalized spacial score (nSPS) is 19.1. The first kappa shape index (κ1) is 33.9. The van der Waals surface area contributed by atoms with Crippen LogP contribution in [0.15, 0.2) is 48.5 Å². The van der Waals surface area contributed by atoms with Crippen molar-refractivity contribution in [2.24, 2.45) is 13.0 Å². The molecule has 2 aliphatic heterocycles. The summed E-state index contributed by atoms with van der Waals surface area (Å²) < 4.78 is 25.0. The van der Waals surface area contributed by atoms with Gasteiger partial charge >= 0.3 is 0 Å². The van der Waals surface area contributed by atoms with Crippen LogP contribution in [-0.4, -0.2) is 96.5 Å². The Balaban J connectivity index is 1.42. The summed E-state index contributed by atoms with van der Waals surface area (Å²) in [6, 6.07) is 14.5. The second kappa shape index (κ2) is 15.4. The highest BCUT2D eigenvalue weighted by atomic mass is 16.5. The van der Waals surface area contributed by atoms with Crippen LogP contribution in [0.25, 0.3) is 0 Å². The number of ether oxygens (including phenoxy) is 4. The largest absolute Gasteiger partial charge is 0.493 e. The van der Waals surface area contributed by atoms with E-state index in [4.69, 9.17) is 18.9 Å². The number of likely N-dealkylation sites (tertiary alicyclic amines) is 1. The fourth-order valence-electron chi connectivity index (χ4n) is 5.97. The minimum atomic E-state index is -0.491. The molecule has 1 aromatic heterocycles. The fourth-order valence-corrected chi connectivity index (χ4v) is 5.97. The first-order chi connectivity index (χ1) is 22.6. The summed E-state index contributed by atoms with van der Waals surface area (Å²) in [5.41, 5.74) is 3.11. The molecule has 3 heterocycles. The minimum absolute atomic E-state index is 0.140. The van der Waals surface area contributed by atoms with Crippen molar-refractivity contribution in [2.45, 2.75) is 51.9 Å². The van der Waals surface area contributed by atoms with Crippen molar-refractivity contribution in [1.82, 2.24) is 24.9 Å². The summed E-state index contributed by atoms with van der Waals surface area (Å²) >= 11 is 0. The van der Waals surface area contributed by atoms with Gasteiger partial charge in [0.2, 0.25) is 11.8 Å². The van der Waals surface area contributed by atoms with E-state index < -0.39 is 12.1 Å². The Morgan fingerprint density at radius 1 is 1.06 bits per heavy atom. The standard InChI is InChI=1S/C35H45N5O7/c1-23(2)15-26-18-29(38(3)37-26)35(43)40-19-28-32(20-40)46-22-25-7-6-8-27(16-25)47-31-17-24(9-11-30(31)45-5)10-12-34(42)39(13-14-44-4)21-33(41)36-28/h6-9,11,16-18,23,28,32H,10,12-15,19-22H2,1-5H3,(H,36,41)/t28-,32-/m0/s1. The first-order valence-electron chi connectivity index (χ1n) is 16.1. The average molecular weight is 648 g/mol. The molecule has 1 fully saturated rings. The van der Waals surface area contributed by atoms with E-state index in [1.165, 1.54) is 4.90 Å². The number of hydrogen-bond acceptors (Lipinski definition) is 8. The van der Waals surface area contributed by atoms with E-state index in [2.05, 4.69) is 24.3 Å². The monoisotopic (exact) mass is 647 g/mol. The zero-order valence-corrected chi connectivity index (χ0v) is 27.9. The van der Waals surface area contributed by atoms with Crippen molar-refractivity contribution < 1.29 is 33.3 Å². The molecule has 5 rings (SSSR count). The Kier molecular flexibility index (Phi) is 11.2. The Morgan fingerprint density at radius 2 is 1.89 bits per heavy atom. The number of nitrogens with one attached hydrogen (secondary N) is 1. The lowest BCUT2D eigenvalue weighted by Gasteiger charge is -2.25. The molecule has 0 saturated carbocycles. The Morgan fingerprint density at radius 3 is 2.66 bits per heavy atom. The van der Waals surface area contributed by atoms with Crippen LogP contribution < -0.4 is 14.8 Å². The van der Waals surface area contributed by atoms with Crippen molar-refractivity contribution in [1.29, 1.82) is 0 Å². The number of fused-ring (bicyclic) bond motifs is 5.